The highest BCUT2D eigenvalue weighted by Gasteiger charge is 2.57. The predicted molar refractivity (Wildman–Crippen MR) is 164 cm³/mol. The molecule has 0 bridgehead atoms. The van der Waals surface area contributed by atoms with Crippen LogP contribution in [0.1, 0.15) is 13.8 Å². The van der Waals surface area contributed by atoms with E-state index >= 15 is 0 Å². The summed E-state index contributed by atoms with van der Waals surface area (Å²) >= 11 is 0. The fourth-order valence-electron chi connectivity index (χ4n) is 6.89. The number of ether oxygens (including phenoxy) is 9. The lowest BCUT2D eigenvalue weighted by Crippen LogP contribution is -2.68. The van der Waals surface area contributed by atoms with Gasteiger partial charge in [-0.15, -0.1) is 0 Å². The molecule has 0 aromatic rings. The maximum absolute atomic E-state index is 11.6. The molecule has 0 aromatic carbocycles. The van der Waals surface area contributed by atoms with Gasteiger partial charge in [-0.1, -0.05) is 0 Å². The van der Waals surface area contributed by atoms with Crippen molar-refractivity contribution in [3.63, 3.8) is 0 Å². The van der Waals surface area contributed by atoms with E-state index in [1.807, 2.05) is 0 Å². The SMILES string of the molecule is CC1O[C@@H](O[C@@H]2C(O)[C@H](O[C@@H]3C(CO)O[C@H](OC4[C@@H](O)[C@H](O)C(CO)O[C@@H]4O)C(O)[C@H]3O[C@@H]3OC(C)[C@H](O)[C@H](O)C3O)OC(CO)[C@H]2O)C(O)[C@@H](O)[C@H]1O. The molecule has 0 spiro atoms. The third-order valence-corrected chi connectivity index (χ3v) is 10.2. The van der Waals surface area contributed by atoms with Crippen LogP contribution >= 0.6 is 0 Å². The van der Waals surface area contributed by atoms with Gasteiger partial charge < -0.3 is 119 Å². The van der Waals surface area contributed by atoms with Crippen LogP contribution in [0.15, 0.2) is 0 Å². The maximum atomic E-state index is 11.6. The van der Waals surface area contributed by atoms with E-state index in [0.29, 0.717) is 0 Å². The molecule has 24 nitrogen and oxygen atoms in total. The van der Waals surface area contributed by atoms with Crippen LogP contribution in [-0.2, 0) is 42.6 Å². The first kappa shape index (κ1) is 44.1. The second-order valence-corrected chi connectivity index (χ2v) is 13.9. The first-order chi connectivity index (χ1) is 25.4. The third-order valence-electron chi connectivity index (χ3n) is 10.2. The highest BCUT2D eigenvalue weighted by Crippen LogP contribution is 2.36. The molecule has 10 unspecified atom stereocenters. The molecule has 5 saturated heterocycles. The van der Waals surface area contributed by atoms with Gasteiger partial charge in [-0.05, 0) is 13.8 Å². The van der Waals surface area contributed by atoms with Crippen molar-refractivity contribution in [2.45, 2.75) is 167 Å². The average molecular weight is 797 g/mol. The van der Waals surface area contributed by atoms with Crippen LogP contribution in [0, 0.1) is 0 Å². The van der Waals surface area contributed by atoms with Crippen molar-refractivity contribution in [1.29, 1.82) is 0 Å². The molecule has 15 N–H and O–H groups in total. The predicted octanol–water partition coefficient (Wildman–Crippen LogP) is -9.87. The number of hydrogen-bond acceptors (Lipinski definition) is 24. The first-order valence-corrected chi connectivity index (χ1v) is 17.3. The lowest BCUT2D eigenvalue weighted by atomic mass is 9.95. The molecule has 5 aliphatic heterocycles. The van der Waals surface area contributed by atoms with E-state index < -0.39 is 173 Å². The van der Waals surface area contributed by atoms with Gasteiger partial charge in [0.2, 0.25) is 0 Å². The lowest BCUT2D eigenvalue weighted by molar-refractivity contribution is -0.405. The maximum Gasteiger partial charge on any atom is 0.187 e. The first-order valence-electron chi connectivity index (χ1n) is 17.3. The van der Waals surface area contributed by atoms with Crippen molar-refractivity contribution in [2.75, 3.05) is 19.8 Å². The van der Waals surface area contributed by atoms with Crippen LogP contribution < -0.4 is 0 Å². The fraction of sp³-hybridized carbons (Fsp3) is 1.00. The Morgan fingerprint density at radius 2 is 0.722 bits per heavy atom. The Kier molecular flexibility index (Phi) is 15.0. The Labute approximate surface area is 306 Å². The minimum Gasteiger partial charge on any atom is -0.394 e. The molecule has 0 saturated carbocycles. The Balaban J connectivity index is 1.42. The Morgan fingerprint density at radius 3 is 1.22 bits per heavy atom. The highest BCUT2D eigenvalue weighted by molar-refractivity contribution is 4.99. The summed E-state index contributed by atoms with van der Waals surface area (Å²) in [5, 5.41) is 157. The van der Waals surface area contributed by atoms with E-state index in [-0.39, 0.29) is 0 Å². The standard InChI is InChI=1S/C30H52O24/c1-6-11(34)15(38)18(41)27(46-6)52-23-14(37)9(4-32)49-29(20(23)43)51-22-10(5-33)50-30(54-25-17(40)13(36)8(3-31)48-26(25)45)21(44)24(22)53-28-19(42)16(39)12(35)7(2)47-28/h6-45H,3-5H2,1-2H3/t6?,7?,8?,9?,10?,11-,12-,13+,14+,15-,16-,17-,18?,19?,20?,21?,22+,23-,24+,25?,26-,27-,28-,29-,30+/m0/s1. The molecule has 54 heavy (non-hydrogen) atoms. The Bertz CT molecular complexity index is 1170. The largest absolute Gasteiger partial charge is 0.394 e. The van der Waals surface area contributed by atoms with Crippen molar-refractivity contribution in [1.82, 2.24) is 0 Å². The molecule has 0 aliphatic carbocycles. The zero-order valence-electron chi connectivity index (χ0n) is 28.9. The Hall–Kier alpha value is -0.960. The summed E-state index contributed by atoms with van der Waals surface area (Å²) < 4.78 is 50.3. The van der Waals surface area contributed by atoms with Gasteiger partial charge in [-0.3, -0.25) is 0 Å². The quantitative estimate of drug-likeness (QED) is 0.0923. The van der Waals surface area contributed by atoms with Crippen LogP contribution in [0.3, 0.4) is 0 Å². The van der Waals surface area contributed by atoms with Gasteiger partial charge in [-0.2, -0.15) is 0 Å². The summed E-state index contributed by atoms with van der Waals surface area (Å²) in [6.07, 6.45) is -44.3. The number of hydrogen-bond donors (Lipinski definition) is 15. The smallest absolute Gasteiger partial charge is 0.187 e. The third kappa shape index (κ3) is 8.72. The van der Waals surface area contributed by atoms with Crippen LogP contribution in [0.25, 0.3) is 0 Å². The normalized spacial score (nSPS) is 54.7. The molecule has 24 heteroatoms. The van der Waals surface area contributed by atoms with Gasteiger partial charge in [0.1, 0.15) is 110 Å². The molecular weight excluding hydrogens is 744 g/mol. The molecule has 0 aromatic heterocycles. The molecule has 0 amide bonds. The molecular formula is C30H52O24. The summed E-state index contributed by atoms with van der Waals surface area (Å²) in [5.74, 6) is 0. The van der Waals surface area contributed by atoms with E-state index in [2.05, 4.69) is 0 Å². The van der Waals surface area contributed by atoms with E-state index in [1.54, 1.807) is 0 Å². The van der Waals surface area contributed by atoms with E-state index in [9.17, 15) is 76.6 Å². The van der Waals surface area contributed by atoms with Crippen molar-refractivity contribution >= 4 is 0 Å². The summed E-state index contributed by atoms with van der Waals surface area (Å²) in [4.78, 5) is 0. The van der Waals surface area contributed by atoms with Crippen molar-refractivity contribution in [2.24, 2.45) is 0 Å². The average Bonchev–Trinajstić information content (AvgIpc) is 3.15. The molecule has 5 aliphatic rings. The summed E-state index contributed by atoms with van der Waals surface area (Å²) in [6.45, 7) is -0.0501. The fourth-order valence-corrected chi connectivity index (χ4v) is 6.89. The number of aliphatic hydroxyl groups excluding tert-OH is 15. The zero-order chi connectivity index (χ0) is 39.9. The minimum atomic E-state index is -2.13. The van der Waals surface area contributed by atoms with E-state index in [4.69, 9.17) is 42.6 Å². The van der Waals surface area contributed by atoms with Crippen LogP contribution in [0.2, 0.25) is 0 Å². The summed E-state index contributed by atoms with van der Waals surface area (Å²) in [7, 11) is 0. The van der Waals surface area contributed by atoms with Crippen LogP contribution in [0.4, 0.5) is 0 Å². The molecule has 5 heterocycles. The van der Waals surface area contributed by atoms with Crippen LogP contribution in [-0.4, -0.2) is 250 Å². The second-order valence-electron chi connectivity index (χ2n) is 13.9. The monoisotopic (exact) mass is 796 g/mol. The van der Waals surface area contributed by atoms with Gasteiger partial charge in [0.15, 0.2) is 31.5 Å². The van der Waals surface area contributed by atoms with Gasteiger partial charge in [0.05, 0.1) is 32.0 Å². The minimum absolute atomic E-state index is 0.803. The van der Waals surface area contributed by atoms with E-state index in [1.165, 1.54) is 13.8 Å². The molecule has 25 atom stereocenters. The second kappa shape index (κ2) is 18.3. The summed E-state index contributed by atoms with van der Waals surface area (Å²) in [6, 6.07) is 0. The highest BCUT2D eigenvalue weighted by atomic mass is 16.8. The van der Waals surface area contributed by atoms with E-state index in [0.717, 1.165) is 0 Å². The summed E-state index contributed by atoms with van der Waals surface area (Å²) in [5.41, 5.74) is 0. The van der Waals surface area contributed by atoms with Gasteiger partial charge in [-0.25, -0.2) is 0 Å². The molecule has 316 valence electrons. The van der Waals surface area contributed by atoms with Gasteiger partial charge in [0.25, 0.3) is 0 Å². The van der Waals surface area contributed by atoms with Crippen LogP contribution in [0.5, 0.6) is 0 Å². The van der Waals surface area contributed by atoms with Gasteiger partial charge >= 0.3 is 0 Å². The topological polar surface area (TPSA) is 387 Å². The zero-order valence-corrected chi connectivity index (χ0v) is 28.9. The van der Waals surface area contributed by atoms with Crippen molar-refractivity contribution < 1.29 is 119 Å². The molecule has 0 radical (unpaired) electrons. The van der Waals surface area contributed by atoms with Crippen molar-refractivity contribution in [3.05, 3.63) is 0 Å². The lowest BCUT2D eigenvalue weighted by Gasteiger charge is -2.50. The van der Waals surface area contributed by atoms with Gasteiger partial charge in [0, 0.05) is 0 Å². The molecule has 5 fully saturated rings. The Morgan fingerprint density at radius 1 is 0.333 bits per heavy atom. The number of rotatable bonds is 11. The number of aliphatic hydroxyl groups is 15. The van der Waals surface area contributed by atoms with Crippen molar-refractivity contribution in [3.8, 4) is 0 Å². The molecule has 5 rings (SSSR count).